The molecule has 4 amide bonds. The highest BCUT2D eigenvalue weighted by atomic mass is 32.1. The summed E-state index contributed by atoms with van der Waals surface area (Å²) in [6, 6.07) is 19.0. The minimum absolute atomic E-state index is 0. The molecule has 14 nitrogen and oxygen atoms in total. The molecule has 0 saturated carbocycles. The number of carbonyl (C=O) groups is 4. The van der Waals surface area contributed by atoms with Crippen molar-refractivity contribution in [3.8, 4) is 22.3 Å². The fourth-order valence-corrected chi connectivity index (χ4v) is 8.41. The zero-order valence-electron chi connectivity index (χ0n) is 36.1. The van der Waals surface area contributed by atoms with Crippen molar-refractivity contribution >= 4 is 100 Å². The molecule has 2 aromatic heterocycles. The highest BCUT2D eigenvalue weighted by molar-refractivity contribution is 7.59. The number of nitrogens with one attached hydrogen (secondary N) is 4. The molecule has 18 heteroatoms. The minimum Gasteiger partial charge on any atom is -0.453 e. The van der Waals surface area contributed by atoms with Gasteiger partial charge in [0.05, 0.1) is 48.4 Å². The van der Waals surface area contributed by atoms with E-state index in [-0.39, 0.29) is 89.7 Å². The van der Waals surface area contributed by atoms with Gasteiger partial charge in [0.25, 0.3) is 0 Å². The van der Waals surface area contributed by atoms with Crippen LogP contribution in [0.15, 0.2) is 60.7 Å². The summed E-state index contributed by atoms with van der Waals surface area (Å²) in [5.74, 6) is 1.66. The quantitative estimate of drug-likeness (QED) is 0.0972. The fourth-order valence-electron chi connectivity index (χ4n) is 8.41. The number of H-pyrrole nitrogens is 2. The van der Waals surface area contributed by atoms with Crippen molar-refractivity contribution in [2.45, 2.75) is 90.4 Å². The van der Waals surface area contributed by atoms with Gasteiger partial charge in [0.15, 0.2) is 0 Å². The number of methoxy groups -OCH3 is 2. The van der Waals surface area contributed by atoms with Crippen LogP contribution in [-0.4, -0.2) is 93.1 Å². The Bertz CT molecular complexity index is 2140. The monoisotopic (exact) mass is 926 g/mol. The number of aromatic nitrogens is 4. The van der Waals surface area contributed by atoms with Gasteiger partial charge < -0.3 is 39.9 Å². The van der Waals surface area contributed by atoms with Crippen molar-refractivity contribution in [2.75, 3.05) is 27.3 Å². The first-order valence-electron chi connectivity index (χ1n) is 20.3. The second kappa shape index (κ2) is 22.7. The van der Waals surface area contributed by atoms with E-state index in [1.807, 2.05) is 49.6 Å². The first kappa shape index (κ1) is 51.8. The number of aromatic amines is 2. The van der Waals surface area contributed by atoms with E-state index in [4.69, 9.17) is 19.4 Å². The number of nitrogens with zero attached hydrogens (tertiary/aromatic N) is 4. The van der Waals surface area contributed by atoms with E-state index in [0.717, 1.165) is 81.7 Å². The molecule has 4 N–H and O–H groups in total. The summed E-state index contributed by atoms with van der Waals surface area (Å²) in [5.41, 5.74) is 7.61. The molecule has 0 bridgehead atoms. The molecular formula is C44H62N8O6S4. The lowest BCUT2D eigenvalue weighted by Gasteiger charge is -2.29. The smallest absolute Gasteiger partial charge is 0.407 e. The average Bonchev–Trinajstić information content (AvgIpc) is 4.04. The lowest BCUT2D eigenvalue weighted by molar-refractivity contribution is -0.135. The lowest BCUT2D eigenvalue weighted by atomic mass is 10.00. The van der Waals surface area contributed by atoms with Crippen LogP contribution in [0.25, 0.3) is 44.3 Å². The van der Waals surface area contributed by atoms with Gasteiger partial charge in [0, 0.05) is 13.1 Å². The van der Waals surface area contributed by atoms with Crippen LogP contribution in [0.2, 0.25) is 0 Å². The molecule has 4 heterocycles. The molecular weight excluding hydrogens is 865 g/mol. The maximum absolute atomic E-state index is 13.7. The van der Waals surface area contributed by atoms with Gasteiger partial charge in [-0.2, -0.15) is 54.0 Å². The predicted molar refractivity (Wildman–Crippen MR) is 263 cm³/mol. The predicted octanol–water partition coefficient (Wildman–Crippen LogP) is 8.09. The van der Waals surface area contributed by atoms with Crippen LogP contribution in [0.1, 0.15) is 90.0 Å². The standard InChI is InChI=1S/C44H54N8O6.4H2S/c1-25(2)21-35(49-43(55)57-5)41(53)51-19-7-9-37(51)39-45-31-17-15-29(23-33(31)47-39)27-11-13-28(14-12-27)30-16-18-32-34(24-30)48-40(46-32)38-10-8-20-52(38)42(54)36(22-26(3)4)50-44(56)58-6;;;;/h11-18,23-26,35-38H,7-10,19-22H2,1-6H3,(H,45,47)(H,46,48)(H,49,55)(H,50,56);4*1H2/t35-,36-,37-,38-;;;;/m0..../s1. The Kier molecular flexibility index (Phi) is 19.0. The Morgan fingerprint density at radius 2 is 0.968 bits per heavy atom. The Hall–Kier alpha value is -4.52. The number of carbonyl (C=O) groups excluding carboxylic acids is 4. The van der Waals surface area contributed by atoms with E-state index in [2.05, 4.69) is 69.1 Å². The van der Waals surface area contributed by atoms with E-state index >= 15 is 0 Å². The van der Waals surface area contributed by atoms with Crippen molar-refractivity contribution < 1.29 is 28.7 Å². The third-order valence-corrected chi connectivity index (χ3v) is 11.2. The fraction of sp³-hybridized carbons (Fsp3) is 0.455. The molecule has 62 heavy (non-hydrogen) atoms. The zero-order valence-corrected chi connectivity index (χ0v) is 40.1. The zero-order chi connectivity index (χ0) is 41.1. The minimum atomic E-state index is -0.669. The number of amides is 4. The topological polar surface area (TPSA) is 175 Å². The molecule has 338 valence electrons. The third-order valence-electron chi connectivity index (χ3n) is 11.2. The molecule has 2 saturated heterocycles. The van der Waals surface area contributed by atoms with Gasteiger partial charge in [0.2, 0.25) is 11.8 Å². The van der Waals surface area contributed by atoms with Gasteiger partial charge in [-0.25, -0.2) is 19.6 Å². The van der Waals surface area contributed by atoms with Gasteiger partial charge >= 0.3 is 12.2 Å². The first-order valence-corrected chi connectivity index (χ1v) is 20.3. The number of fused-ring (bicyclic) bond motifs is 2. The van der Waals surface area contributed by atoms with Crippen LogP contribution < -0.4 is 10.6 Å². The number of ether oxygens (including phenoxy) is 2. The van der Waals surface area contributed by atoms with Gasteiger partial charge in [0.1, 0.15) is 23.7 Å². The summed E-state index contributed by atoms with van der Waals surface area (Å²) in [4.78, 5) is 72.0. The van der Waals surface area contributed by atoms with Gasteiger partial charge in [-0.3, -0.25) is 9.59 Å². The van der Waals surface area contributed by atoms with E-state index < -0.39 is 24.3 Å². The highest BCUT2D eigenvalue weighted by Gasteiger charge is 2.38. The first-order chi connectivity index (χ1) is 27.9. The number of hydrogen-bond acceptors (Lipinski definition) is 8. The molecule has 2 fully saturated rings. The molecule has 0 aliphatic carbocycles. The second-order valence-corrected chi connectivity index (χ2v) is 16.3. The van der Waals surface area contributed by atoms with Crippen molar-refractivity contribution in [3.05, 3.63) is 72.3 Å². The molecule has 4 atom stereocenters. The lowest BCUT2D eigenvalue weighted by Crippen LogP contribution is -2.49. The van der Waals surface area contributed by atoms with Crippen LogP contribution >= 0.6 is 54.0 Å². The number of alkyl carbamates (subject to hydrolysis) is 2. The Morgan fingerprint density at radius 1 is 0.613 bits per heavy atom. The van der Waals surface area contributed by atoms with Crippen LogP contribution in [0.5, 0.6) is 0 Å². The van der Waals surface area contributed by atoms with Gasteiger partial charge in [-0.1, -0.05) is 64.1 Å². The van der Waals surface area contributed by atoms with Crippen LogP contribution in [0, 0.1) is 11.8 Å². The molecule has 2 aliphatic heterocycles. The number of likely N-dealkylation sites (tertiary alicyclic amines) is 2. The number of imidazole rings is 2. The van der Waals surface area contributed by atoms with Crippen molar-refractivity contribution in [1.82, 2.24) is 40.4 Å². The normalized spacial score (nSPS) is 16.8. The number of rotatable bonds is 12. The van der Waals surface area contributed by atoms with Crippen LogP contribution in [-0.2, 0) is 19.1 Å². The molecule has 2 aliphatic rings. The summed E-state index contributed by atoms with van der Waals surface area (Å²) in [5, 5.41) is 5.48. The molecule has 0 radical (unpaired) electrons. The highest BCUT2D eigenvalue weighted by Crippen LogP contribution is 2.36. The Morgan fingerprint density at radius 3 is 1.31 bits per heavy atom. The summed E-state index contributed by atoms with van der Waals surface area (Å²) in [7, 11) is 2.60. The molecule has 3 aromatic carbocycles. The summed E-state index contributed by atoms with van der Waals surface area (Å²) >= 11 is 0. The van der Waals surface area contributed by atoms with Crippen molar-refractivity contribution in [3.63, 3.8) is 0 Å². The molecule has 7 rings (SSSR count). The Labute approximate surface area is 391 Å². The number of benzene rings is 3. The van der Waals surface area contributed by atoms with E-state index in [9.17, 15) is 19.2 Å². The third kappa shape index (κ3) is 11.5. The van der Waals surface area contributed by atoms with E-state index in [1.54, 1.807) is 0 Å². The number of hydrogen-bond donors (Lipinski definition) is 4. The SMILES string of the molecule is COC(=O)N[C@@H](CC(C)C)C(=O)N1CCC[C@H]1c1nc2ccc(-c3ccc(-c4ccc5nc([C@@H]6CCCN6C(=O)[C@H](CC(C)C)NC(=O)OC)[nH]c5c4)cc3)cc2[nH]1.S.S.S.S. The summed E-state index contributed by atoms with van der Waals surface area (Å²) in [6.07, 6.45) is 3.07. The molecule has 0 spiro atoms. The van der Waals surface area contributed by atoms with Crippen LogP contribution in [0.3, 0.4) is 0 Å². The maximum atomic E-state index is 13.7. The van der Waals surface area contributed by atoms with Crippen molar-refractivity contribution in [1.29, 1.82) is 0 Å². The van der Waals surface area contributed by atoms with E-state index in [0.29, 0.717) is 25.9 Å². The van der Waals surface area contributed by atoms with Gasteiger partial charge in [-0.15, -0.1) is 0 Å². The summed E-state index contributed by atoms with van der Waals surface area (Å²) < 4.78 is 9.61. The summed E-state index contributed by atoms with van der Waals surface area (Å²) in [6.45, 7) is 9.29. The van der Waals surface area contributed by atoms with E-state index in [1.165, 1.54) is 14.2 Å². The average molecular weight is 927 g/mol. The second-order valence-electron chi connectivity index (χ2n) is 16.3. The maximum Gasteiger partial charge on any atom is 0.407 e. The Balaban J connectivity index is 0.00000256. The van der Waals surface area contributed by atoms with Crippen LogP contribution in [0.4, 0.5) is 9.59 Å². The molecule has 5 aromatic rings. The largest absolute Gasteiger partial charge is 0.453 e. The van der Waals surface area contributed by atoms with Crippen molar-refractivity contribution in [2.24, 2.45) is 11.8 Å². The molecule has 0 unspecified atom stereocenters. The van der Waals surface area contributed by atoms with Gasteiger partial charge in [-0.05, 0) is 96.9 Å².